The Kier molecular flexibility index (Phi) is 3.14. The van der Waals surface area contributed by atoms with Crippen molar-refractivity contribution in [3.8, 4) is 0 Å². The van der Waals surface area contributed by atoms with Crippen molar-refractivity contribution in [3.63, 3.8) is 0 Å². The van der Waals surface area contributed by atoms with Crippen molar-refractivity contribution >= 4 is 68.3 Å². The van der Waals surface area contributed by atoms with Gasteiger partial charge in [0.1, 0.15) is 11.2 Å². The van der Waals surface area contributed by atoms with Crippen LogP contribution in [0.25, 0.3) is 21.9 Å². The third-order valence-corrected chi connectivity index (χ3v) is 4.20. The van der Waals surface area contributed by atoms with E-state index < -0.39 is 0 Å². The number of rotatable bonds is 0. The average molecular weight is 334 g/mol. The van der Waals surface area contributed by atoms with Crippen molar-refractivity contribution in [2.45, 2.75) is 0 Å². The zero-order chi connectivity index (χ0) is 13.7. The highest BCUT2D eigenvalue weighted by Crippen LogP contribution is 2.31. The molecule has 0 radical (unpaired) electrons. The molecule has 0 spiro atoms. The second-order valence-electron chi connectivity index (χ2n) is 3.96. The molecule has 1 aromatic heterocycles. The summed E-state index contributed by atoms with van der Waals surface area (Å²) in [4.78, 5) is 12.4. The van der Waals surface area contributed by atoms with Crippen LogP contribution in [0.15, 0.2) is 33.5 Å². The fourth-order valence-electron chi connectivity index (χ4n) is 1.84. The molecule has 0 unspecified atom stereocenters. The van der Waals surface area contributed by atoms with Gasteiger partial charge in [-0.15, -0.1) is 0 Å². The zero-order valence-corrected chi connectivity index (χ0v) is 12.2. The van der Waals surface area contributed by atoms with Crippen LogP contribution >= 0.6 is 46.4 Å². The van der Waals surface area contributed by atoms with Crippen molar-refractivity contribution in [1.82, 2.24) is 0 Å². The molecule has 0 saturated heterocycles. The summed E-state index contributed by atoms with van der Waals surface area (Å²) in [5.74, 6) is 0. The number of hydrogen-bond donors (Lipinski definition) is 0. The van der Waals surface area contributed by atoms with E-state index in [0.29, 0.717) is 42.0 Å². The highest BCUT2D eigenvalue weighted by Gasteiger charge is 2.12. The molecule has 1 heterocycles. The molecular formula is C13H4Cl4O2. The summed E-state index contributed by atoms with van der Waals surface area (Å²) in [6.07, 6.45) is 0. The second-order valence-corrected chi connectivity index (χ2v) is 5.58. The van der Waals surface area contributed by atoms with E-state index in [9.17, 15) is 4.79 Å². The molecule has 0 atom stereocenters. The normalized spacial score (nSPS) is 11.4. The predicted octanol–water partition coefficient (Wildman–Crippen LogP) is 5.56. The van der Waals surface area contributed by atoms with Gasteiger partial charge in [0.2, 0.25) is 5.43 Å². The molecule has 2 nitrogen and oxygen atoms in total. The maximum Gasteiger partial charge on any atom is 0.200 e. The predicted molar refractivity (Wildman–Crippen MR) is 80.0 cm³/mol. The van der Waals surface area contributed by atoms with Gasteiger partial charge in [0.25, 0.3) is 0 Å². The maximum absolute atomic E-state index is 12.4. The number of hydrogen-bond acceptors (Lipinski definition) is 2. The quantitative estimate of drug-likeness (QED) is 0.504. The largest absolute Gasteiger partial charge is 0.456 e. The molecule has 0 aliphatic rings. The molecule has 0 bridgehead atoms. The van der Waals surface area contributed by atoms with Crippen molar-refractivity contribution in [3.05, 3.63) is 54.6 Å². The first-order chi connectivity index (χ1) is 8.97. The van der Waals surface area contributed by atoms with Crippen LogP contribution in [0.3, 0.4) is 0 Å². The van der Waals surface area contributed by atoms with Crippen LogP contribution in [0.1, 0.15) is 0 Å². The summed E-state index contributed by atoms with van der Waals surface area (Å²) in [5.41, 5.74) is 0.476. The summed E-state index contributed by atoms with van der Waals surface area (Å²) in [5, 5.41) is 1.91. The number of benzene rings is 2. The number of halogens is 4. The summed E-state index contributed by atoms with van der Waals surface area (Å²) in [7, 11) is 0. The lowest BCUT2D eigenvalue weighted by molar-refractivity contribution is 0.660. The van der Waals surface area contributed by atoms with Gasteiger partial charge in [0.05, 0.1) is 30.9 Å². The van der Waals surface area contributed by atoms with Gasteiger partial charge in [0, 0.05) is 12.1 Å². The molecule has 96 valence electrons. The monoisotopic (exact) mass is 332 g/mol. The third kappa shape index (κ3) is 2.09. The molecule has 0 aliphatic heterocycles. The van der Waals surface area contributed by atoms with Crippen LogP contribution in [-0.4, -0.2) is 0 Å². The van der Waals surface area contributed by atoms with Crippen molar-refractivity contribution < 1.29 is 4.42 Å². The zero-order valence-electron chi connectivity index (χ0n) is 9.14. The molecular weight excluding hydrogens is 330 g/mol. The molecule has 0 aliphatic carbocycles. The van der Waals surface area contributed by atoms with Gasteiger partial charge < -0.3 is 4.42 Å². The topological polar surface area (TPSA) is 30.2 Å². The first kappa shape index (κ1) is 13.1. The fourth-order valence-corrected chi connectivity index (χ4v) is 2.48. The van der Waals surface area contributed by atoms with Crippen molar-refractivity contribution in [2.24, 2.45) is 0 Å². The Hall–Kier alpha value is -0.930. The van der Waals surface area contributed by atoms with E-state index in [0.717, 1.165) is 0 Å². The van der Waals surface area contributed by atoms with Gasteiger partial charge in [-0.05, 0) is 12.1 Å². The average Bonchev–Trinajstić information content (AvgIpc) is 2.35. The molecule has 3 rings (SSSR count). The van der Waals surface area contributed by atoms with E-state index in [1.807, 2.05) is 0 Å². The minimum atomic E-state index is -0.228. The molecule has 0 N–H and O–H groups in total. The van der Waals surface area contributed by atoms with Crippen LogP contribution in [0.5, 0.6) is 0 Å². The Balaban J connectivity index is 2.56. The molecule has 0 amide bonds. The Labute approximate surface area is 127 Å². The maximum atomic E-state index is 12.4. The van der Waals surface area contributed by atoms with Gasteiger partial charge in [-0.3, -0.25) is 4.79 Å². The summed E-state index contributed by atoms with van der Waals surface area (Å²) >= 11 is 23.6. The van der Waals surface area contributed by atoms with E-state index >= 15 is 0 Å². The lowest BCUT2D eigenvalue weighted by Crippen LogP contribution is -2.02. The smallest absolute Gasteiger partial charge is 0.200 e. The highest BCUT2D eigenvalue weighted by atomic mass is 35.5. The van der Waals surface area contributed by atoms with E-state index in [1.165, 1.54) is 24.3 Å². The SMILES string of the molecule is O=c1c2cc(Cl)c(Cl)cc2oc2cc(Cl)c(Cl)cc12. The van der Waals surface area contributed by atoms with E-state index in [-0.39, 0.29) is 5.43 Å². The third-order valence-electron chi connectivity index (χ3n) is 2.75. The molecule has 0 fully saturated rings. The van der Waals surface area contributed by atoms with E-state index in [4.69, 9.17) is 50.8 Å². The van der Waals surface area contributed by atoms with Crippen molar-refractivity contribution in [2.75, 3.05) is 0 Å². The highest BCUT2D eigenvalue weighted by molar-refractivity contribution is 6.43. The minimum absolute atomic E-state index is 0.228. The second kappa shape index (κ2) is 4.57. The standard InChI is InChI=1S/C13H4Cl4O2/c14-7-1-5-11(3-9(7)16)19-12-4-10(17)8(15)2-6(12)13(5)18/h1-4H. The molecule has 0 saturated carbocycles. The molecule has 6 heteroatoms. The minimum Gasteiger partial charge on any atom is -0.456 e. The first-order valence-corrected chi connectivity index (χ1v) is 6.69. The number of fused-ring (bicyclic) bond motifs is 2. The lowest BCUT2D eigenvalue weighted by atomic mass is 10.1. The van der Waals surface area contributed by atoms with Crippen molar-refractivity contribution in [1.29, 1.82) is 0 Å². The summed E-state index contributed by atoms with van der Waals surface area (Å²) < 4.78 is 5.61. The van der Waals surface area contributed by atoms with Crippen LogP contribution in [0.4, 0.5) is 0 Å². The van der Waals surface area contributed by atoms with Gasteiger partial charge in [0.15, 0.2) is 0 Å². The van der Waals surface area contributed by atoms with E-state index in [1.54, 1.807) is 0 Å². The van der Waals surface area contributed by atoms with E-state index in [2.05, 4.69) is 0 Å². The van der Waals surface area contributed by atoms with Gasteiger partial charge in [-0.2, -0.15) is 0 Å². The van der Waals surface area contributed by atoms with Gasteiger partial charge >= 0.3 is 0 Å². The van der Waals surface area contributed by atoms with Crippen LogP contribution in [-0.2, 0) is 0 Å². The Morgan fingerprint density at radius 2 is 1.05 bits per heavy atom. The molecule has 3 aromatic rings. The summed E-state index contributed by atoms with van der Waals surface area (Å²) in [6, 6.07) is 5.96. The molecule has 19 heavy (non-hydrogen) atoms. The lowest BCUT2D eigenvalue weighted by Gasteiger charge is -2.04. The summed E-state index contributed by atoms with van der Waals surface area (Å²) in [6.45, 7) is 0. The van der Waals surface area contributed by atoms with Crippen LogP contribution in [0.2, 0.25) is 20.1 Å². The van der Waals surface area contributed by atoms with Gasteiger partial charge in [-0.1, -0.05) is 46.4 Å². The first-order valence-electron chi connectivity index (χ1n) is 5.18. The molecule has 2 aromatic carbocycles. The van der Waals surface area contributed by atoms with Gasteiger partial charge in [-0.25, -0.2) is 0 Å². The Bertz CT molecular complexity index is 814. The fraction of sp³-hybridized carbons (Fsp3) is 0. The Morgan fingerprint density at radius 3 is 1.47 bits per heavy atom. The Morgan fingerprint density at radius 1 is 0.684 bits per heavy atom. The van der Waals surface area contributed by atoms with Crippen LogP contribution < -0.4 is 5.43 Å². The van der Waals surface area contributed by atoms with Crippen LogP contribution in [0, 0.1) is 0 Å².